The highest BCUT2D eigenvalue weighted by Gasteiger charge is 2.45. The van der Waals surface area contributed by atoms with Crippen LogP contribution in [0.25, 0.3) is 0 Å². The minimum absolute atomic E-state index is 0.0133. The first-order valence-electron chi connectivity index (χ1n) is 7.85. The van der Waals surface area contributed by atoms with Gasteiger partial charge in [-0.05, 0) is 24.3 Å². The summed E-state index contributed by atoms with van der Waals surface area (Å²) in [5.41, 5.74) is 0.857. The Morgan fingerprint density at radius 3 is 2.70 bits per heavy atom. The summed E-state index contributed by atoms with van der Waals surface area (Å²) in [6.07, 6.45) is 4.84. The van der Waals surface area contributed by atoms with E-state index in [0.29, 0.717) is 17.9 Å². The van der Waals surface area contributed by atoms with Crippen LogP contribution in [0.3, 0.4) is 0 Å². The molecule has 3 atom stereocenters. The number of phenols is 1. The van der Waals surface area contributed by atoms with Gasteiger partial charge in [0.1, 0.15) is 11.5 Å². The lowest BCUT2D eigenvalue weighted by Crippen LogP contribution is -2.39. The van der Waals surface area contributed by atoms with Crippen LogP contribution >= 0.6 is 0 Å². The summed E-state index contributed by atoms with van der Waals surface area (Å²) < 4.78 is 0. The van der Waals surface area contributed by atoms with Gasteiger partial charge in [0.2, 0.25) is 0 Å². The summed E-state index contributed by atoms with van der Waals surface area (Å²) in [4.78, 5) is 38.2. The lowest BCUT2D eigenvalue weighted by Gasteiger charge is -2.37. The second-order valence-electron chi connectivity index (χ2n) is 6.70. The zero-order valence-electron chi connectivity index (χ0n) is 12.7. The number of carbonyl (C=O) groups excluding carboxylic acids is 3. The van der Waals surface area contributed by atoms with Crippen molar-refractivity contribution in [3.63, 3.8) is 0 Å². The van der Waals surface area contributed by atoms with Crippen LogP contribution in [0.2, 0.25) is 0 Å². The first-order valence-corrected chi connectivity index (χ1v) is 7.85. The third-order valence-electron chi connectivity index (χ3n) is 5.11. The Morgan fingerprint density at radius 1 is 1.13 bits per heavy atom. The number of aromatic hydroxyl groups is 1. The van der Waals surface area contributed by atoms with Gasteiger partial charge in [0.25, 0.3) is 0 Å². The second-order valence-corrected chi connectivity index (χ2v) is 6.70. The van der Waals surface area contributed by atoms with Crippen LogP contribution < -0.4 is 0 Å². The quantitative estimate of drug-likeness (QED) is 0.800. The Hall–Kier alpha value is -2.49. The van der Waals surface area contributed by atoms with Crippen molar-refractivity contribution >= 4 is 17.3 Å². The molecule has 4 nitrogen and oxygen atoms in total. The van der Waals surface area contributed by atoms with Gasteiger partial charge >= 0.3 is 0 Å². The predicted octanol–water partition coefficient (Wildman–Crippen LogP) is 2.87. The lowest BCUT2D eigenvalue weighted by molar-refractivity contribution is -0.125. The fourth-order valence-electron chi connectivity index (χ4n) is 4.14. The van der Waals surface area contributed by atoms with Crippen molar-refractivity contribution in [1.82, 2.24) is 0 Å². The predicted molar refractivity (Wildman–Crippen MR) is 83.3 cm³/mol. The Kier molecular flexibility index (Phi) is 2.92. The molecule has 4 heteroatoms. The Labute approximate surface area is 133 Å². The Balaban J connectivity index is 1.90. The maximum Gasteiger partial charge on any atom is 0.197 e. The van der Waals surface area contributed by atoms with Crippen molar-refractivity contribution in [3.8, 4) is 5.75 Å². The molecule has 0 amide bonds. The highest BCUT2D eigenvalue weighted by Crippen LogP contribution is 2.45. The van der Waals surface area contributed by atoms with Crippen LogP contribution in [-0.4, -0.2) is 22.5 Å². The van der Waals surface area contributed by atoms with Crippen molar-refractivity contribution < 1.29 is 19.5 Å². The highest BCUT2D eigenvalue weighted by atomic mass is 16.3. The number of carbonyl (C=O) groups is 3. The van der Waals surface area contributed by atoms with Crippen LogP contribution in [0.15, 0.2) is 41.5 Å². The van der Waals surface area contributed by atoms with E-state index in [4.69, 9.17) is 0 Å². The standard InChI is InChI=1S/C19H16O4/c1-9-7-10-5-6-12-17(15(10)14(21)8-9)19(23)11-3-2-4-13(20)16(11)18(12)22/h2-6,9-10,15,20H,7-8H2,1H3. The number of rotatable bonds is 0. The highest BCUT2D eigenvalue weighted by molar-refractivity contribution is 6.30. The zero-order chi connectivity index (χ0) is 16.3. The van der Waals surface area contributed by atoms with Gasteiger partial charge < -0.3 is 5.11 Å². The molecule has 1 aromatic rings. The number of hydrogen-bond donors (Lipinski definition) is 1. The minimum Gasteiger partial charge on any atom is -0.507 e. The van der Waals surface area contributed by atoms with Gasteiger partial charge in [0, 0.05) is 23.1 Å². The molecule has 0 heterocycles. The molecule has 3 unspecified atom stereocenters. The normalized spacial score (nSPS) is 29.3. The van der Waals surface area contributed by atoms with Crippen LogP contribution in [0, 0.1) is 17.8 Å². The number of ketones is 3. The van der Waals surface area contributed by atoms with Gasteiger partial charge in [-0.25, -0.2) is 0 Å². The fraction of sp³-hybridized carbons (Fsp3) is 0.316. The summed E-state index contributed by atoms with van der Waals surface area (Å²) in [6, 6.07) is 4.49. The SMILES string of the molecule is CC1CC(=O)C2C3=C(C=CC2C1)C(=O)c1c(O)cccc1C3=O. The average molecular weight is 308 g/mol. The van der Waals surface area contributed by atoms with Gasteiger partial charge in [-0.1, -0.05) is 31.2 Å². The van der Waals surface area contributed by atoms with Crippen LogP contribution in [0.1, 0.15) is 40.5 Å². The van der Waals surface area contributed by atoms with Crippen molar-refractivity contribution in [2.24, 2.45) is 17.8 Å². The molecule has 0 saturated heterocycles. The Morgan fingerprint density at radius 2 is 1.91 bits per heavy atom. The second kappa shape index (κ2) is 4.75. The molecule has 4 rings (SSSR count). The summed E-state index contributed by atoms with van der Waals surface area (Å²) in [6.45, 7) is 2.03. The van der Waals surface area contributed by atoms with Gasteiger partial charge in [0.05, 0.1) is 11.5 Å². The molecule has 0 aromatic heterocycles. The Bertz CT molecular complexity index is 828. The fourth-order valence-corrected chi connectivity index (χ4v) is 4.14. The maximum atomic E-state index is 12.9. The van der Waals surface area contributed by atoms with E-state index in [1.807, 2.05) is 13.0 Å². The number of Topliss-reactive ketones (excluding diaryl/α,β-unsaturated/α-hetero) is 3. The first-order chi connectivity index (χ1) is 11.0. The number of phenolic OH excluding ortho intramolecular Hbond substituents is 1. The van der Waals surface area contributed by atoms with E-state index < -0.39 is 5.92 Å². The van der Waals surface area contributed by atoms with Crippen LogP contribution in [0.4, 0.5) is 0 Å². The van der Waals surface area contributed by atoms with E-state index >= 15 is 0 Å². The molecule has 0 radical (unpaired) electrons. The molecule has 0 spiro atoms. The molecule has 116 valence electrons. The van der Waals surface area contributed by atoms with Gasteiger partial charge in [-0.15, -0.1) is 0 Å². The molecule has 3 aliphatic carbocycles. The number of fused-ring (bicyclic) bond motifs is 3. The van der Waals surface area contributed by atoms with Crippen molar-refractivity contribution in [2.45, 2.75) is 19.8 Å². The molecule has 1 N–H and O–H groups in total. The van der Waals surface area contributed by atoms with Gasteiger partial charge in [0.15, 0.2) is 11.6 Å². The molecule has 1 saturated carbocycles. The van der Waals surface area contributed by atoms with Crippen LogP contribution in [-0.2, 0) is 4.79 Å². The largest absolute Gasteiger partial charge is 0.507 e. The molecule has 23 heavy (non-hydrogen) atoms. The topological polar surface area (TPSA) is 71.4 Å². The van der Waals surface area contributed by atoms with Crippen molar-refractivity contribution in [1.29, 1.82) is 0 Å². The van der Waals surface area contributed by atoms with E-state index in [9.17, 15) is 19.5 Å². The van der Waals surface area contributed by atoms with E-state index in [1.54, 1.807) is 18.2 Å². The van der Waals surface area contributed by atoms with E-state index in [-0.39, 0.29) is 45.7 Å². The van der Waals surface area contributed by atoms with E-state index in [1.165, 1.54) is 6.07 Å². The third-order valence-corrected chi connectivity index (χ3v) is 5.11. The molecule has 1 fully saturated rings. The van der Waals surface area contributed by atoms with E-state index in [0.717, 1.165) is 6.42 Å². The third kappa shape index (κ3) is 1.87. The van der Waals surface area contributed by atoms with E-state index in [2.05, 4.69) is 0 Å². The number of hydrogen-bond acceptors (Lipinski definition) is 4. The van der Waals surface area contributed by atoms with Crippen LogP contribution in [0.5, 0.6) is 5.75 Å². The molecule has 0 aliphatic heterocycles. The summed E-state index contributed by atoms with van der Waals surface area (Å²) in [7, 11) is 0. The molecular formula is C19H16O4. The molecular weight excluding hydrogens is 292 g/mol. The average Bonchev–Trinajstić information content (AvgIpc) is 2.51. The summed E-state index contributed by atoms with van der Waals surface area (Å²) in [5.74, 6) is -1.05. The lowest BCUT2D eigenvalue weighted by atomic mass is 9.64. The van der Waals surface area contributed by atoms with Crippen molar-refractivity contribution in [3.05, 3.63) is 52.6 Å². The summed E-state index contributed by atoms with van der Waals surface area (Å²) in [5, 5.41) is 9.97. The monoisotopic (exact) mass is 308 g/mol. The number of allylic oxidation sites excluding steroid dienone is 4. The van der Waals surface area contributed by atoms with Gasteiger partial charge in [-0.2, -0.15) is 0 Å². The first kappa shape index (κ1) is 14.1. The molecule has 1 aromatic carbocycles. The zero-order valence-corrected chi connectivity index (χ0v) is 12.7. The molecule has 0 bridgehead atoms. The smallest absolute Gasteiger partial charge is 0.197 e. The summed E-state index contributed by atoms with van der Waals surface area (Å²) >= 11 is 0. The molecule has 3 aliphatic rings. The minimum atomic E-state index is -0.516. The maximum absolute atomic E-state index is 12.9. The number of benzene rings is 1. The van der Waals surface area contributed by atoms with Gasteiger partial charge in [-0.3, -0.25) is 14.4 Å². The van der Waals surface area contributed by atoms with Crippen molar-refractivity contribution in [2.75, 3.05) is 0 Å².